The Bertz CT molecular complexity index is 781. The first kappa shape index (κ1) is 11.6. The molecule has 2 N–H and O–H groups in total. The predicted molar refractivity (Wildman–Crippen MR) is 74.4 cm³/mol. The van der Waals surface area contributed by atoms with Crippen LogP contribution in [0.5, 0.6) is 0 Å². The first-order chi connectivity index (χ1) is 9.06. The fraction of sp³-hybridized carbons (Fsp3) is 0.133. The lowest BCUT2D eigenvalue weighted by atomic mass is 10.2. The van der Waals surface area contributed by atoms with E-state index in [1.807, 2.05) is 7.05 Å². The number of aryl methyl sites for hydroxylation is 2. The van der Waals surface area contributed by atoms with Crippen LogP contribution in [0.25, 0.3) is 22.3 Å². The van der Waals surface area contributed by atoms with Crippen molar-refractivity contribution in [3.05, 3.63) is 47.7 Å². The fourth-order valence-corrected chi connectivity index (χ4v) is 2.37. The molecular formula is C15H14N2O2. The van der Waals surface area contributed by atoms with Crippen LogP contribution < -0.4 is 0 Å². The molecule has 0 amide bonds. The van der Waals surface area contributed by atoms with E-state index in [4.69, 9.17) is 5.11 Å². The zero-order chi connectivity index (χ0) is 13.6. The fourth-order valence-electron chi connectivity index (χ4n) is 2.37. The maximum absolute atomic E-state index is 10.9. The van der Waals surface area contributed by atoms with Gasteiger partial charge in [0.1, 0.15) is 5.69 Å². The molecule has 96 valence electrons. The number of H-pyrrole nitrogens is 1. The van der Waals surface area contributed by atoms with Crippen LogP contribution in [0.2, 0.25) is 0 Å². The van der Waals surface area contributed by atoms with Crippen LogP contribution in [0.15, 0.2) is 36.4 Å². The van der Waals surface area contributed by atoms with E-state index in [0.717, 1.165) is 22.3 Å². The van der Waals surface area contributed by atoms with Gasteiger partial charge < -0.3 is 14.7 Å². The third kappa shape index (κ3) is 1.81. The van der Waals surface area contributed by atoms with Crippen molar-refractivity contribution in [2.24, 2.45) is 7.05 Å². The van der Waals surface area contributed by atoms with E-state index in [1.54, 1.807) is 12.1 Å². The summed E-state index contributed by atoms with van der Waals surface area (Å²) >= 11 is 0. The number of benzene rings is 1. The minimum atomic E-state index is -0.944. The van der Waals surface area contributed by atoms with Gasteiger partial charge in [-0.25, -0.2) is 4.79 Å². The van der Waals surface area contributed by atoms with Gasteiger partial charge in [0.15, 0.2) is 0 Å². The monoisotopic (exact) mass is 254 g/mol. The molecule has 0 unspecified atom stereocenters. The lowest BCUT2D eigenvalue weighted by Crippen LogP contribution is -1.96. The summed E-state index contributed by atoms with van der Waals surface area (Å²) in [5.74, 6) is -0.944. The normalized spacial score (nSPS) is 11.1. The molecule has 1 aromatic carbocycles. The molecule has 3 aromatic rings. The number of rotatable bonds is 2. The minimum Gasteiger partial charge on any atom is -0.477 e. The number of hydrogen-bond acceptors (Lipinski definition) is 1. The van der Waals surface area contributed by atoms with Gasteiger partial charge in [-0.2, -0.15) is 0 Å². The molecule has 2 aromatic heterocycles. The Labute approximate surface area is 110 Å². The zero-order valence-corrected chi connectivity index (χ0v) is 10.8. The third-order valence-electron chi connectivity index (χ3n) is 3.39. The van der Waals surface area contributed by atoms with Crippen molar-refractivity contribution in [2.45, 2.75) is 6.92 Å². The SMILES string of the molecule is Cc1ccc2cc(-c3ccc(C(=O)O)[nH]3)n(C)c2c1. The van der Waals surface area contributed by atoms with Gasteiger partial charge in [-0.05, 0) is 36.8 Å². The van der Waals surface area contributed by atoms with E-state index >= 15 is 0 Å². The Kier molecular flexibility index (Phi) is 2.45. The minimum absolute atomic E-state index is 0.205. The number of hydrogen-bond donors (Lipinski definition) is 2. The van der Waals surface area contributed by atoms with E-state index in [1.165, 1.54) is 5.56 Å². The molecule has 0 aliphatic rings. The Balaban J connectivity index is 2.19. The summed E-state index contributed by atoms with van der Waals surface area (Å²) in [5.41, 5.74) is 4.35. The summed E-state index contributed by atoms with van der Waals surface area (Å²) in [6, 6.07) is 11.7. The summed E-state index contributed by atoms with van der Waals surface area (Å²) < 4.78 is 2.07. The van der Waals surface area contributed by atoms with Crippen molar-refractivity contribution in [3.63, 3.8) is 0 Å². The van der Waals surface area contributed by atoms with Crippen LogP contribution in [0, 0.1) is 6.92 Å². The second-order valence-electron chi connectivity index (χ2n) is 4.74. The van der Waals surface area contributed by atoms with Crippen molar-refractivity contribution in [1.82, 2.24) is 9.55 Å². The maximum atomic E-state index is 10.9. The summed E-state index contributed by atoms with van der Waals surface area (Å²) in [7, 11) is 1.98. The second kappa shape index (κ2) is 4.02. The lowest BCUT2D eigenvalue weighted by Gasteiger charge is -2.02. The van der Waals surface area contributed by atoms with E-state index in [2.05, 4.69) is 40.7 Å². The first-order valence-corrected chi connectivity index (χ1v) is 6.05. The molecule has 0 saturated carbocycles. The molecule has 0 fully saturated rings. The quantitative estimate of drug-likeness (QED) is 0.738. The molecule has 0 bridgehead atoms. The van der Waals surface area contributed by atoms with Crippen molar-refractivity contribution in [2.75, 3.05) is 0 Å². The molecule has 0 saturated heterocycles. The molecular weight excluding hydrogens is 240 g/mol. The molecule has 0 atom stereocenters. The molecule has 4 heteroatoms. The molecule has 0 radical (unpaired) electrons. The number of aromatic carboxylic acids is 1. The van der Waals surface area contributed by atoms with Crippen molar-refractivity contribution in [1.29, 1.82) is 0 Å². The highest BCUT2D eigenvalue weighted by atomic mass is 16.4. The average molecular weight is 254 g/mol. The van der Waals surface area contributed by atoms with Crippen molar-refractivity contribution in [3.8, 4) is 11.4 Å². The van der Waals surface area contributed by atoms with Gasteiger partial charge in [0, 0.05) is 18.0 Å². The highest BCUT2D eigenvalue weighted by molar-refractivity contribution is 5.89. The van der Waals surface area contributed by atoms with Crippen LogP contribution in [0.1, 0.15) is 16.1 Å². The number of aromatic nitrogens is 2. The number of carboxylic acid groups (broad SMARTS) is 1. The van der Waals surface area contributed by atoms with Crippen molar-refractivity contribution >= 4 is 16.9 Å². The van der Waals surface area contributed by atoms with Crippen LogP contribution >= 0.6 is 0 Å². The Morgan fingerprint density at radius 3 is 2.68 bits per heavy atom. The molecule has 19 heavy (non-hydrogen) atoms. The van der Waals surface area contributed by atoms with Crippen LogP contribution in [-0.4, -0.2) is 20.6 Å². The van der Waals surface area contributed by atoms with Crippen LogP contribution in [0.4, 0.5) is 0 Å². The third-order valence-corrected chi connectivity index (χ3v) is 3.39. The zero-order valence-electron chi connectivity index (χ0n) is 10.8. The van der Waals surface area contributed by atoms with E-state index in [0.29, 0.717) is 0 Å². The first-order valence-electron chi connectivity index (χ1n) is 6.05. The molecule has 0 aliphatic heterocycles. The summed E-state index contributed by atoms with van der Waals surface area (Å²) in [6.07, 6.45) is 0. The number of nitrogens with one attached hydrogen (secondary N) is 1. The molecule has 0 aliphatic carbocycles. The number of fused-ring (bicyclic) bond motifs is 1. The second-order valence-corrected chi connectivity index (χ2v) is 4.74. The Morgan fingerprint density at radius 1 is 1.21 bits per heavy atom. The van der Waals surface area contributed by atoms with Crippen LogP contribution in [-0.2, 0) is 7.05 Å². The Hall–Kier alpha value is -2.49. The maximum Gasteiger partial charge on any atom is 0.352 e. The van der Waals surface area contributed by atoms with E-state index in [-0.39, 0.29) is 5.69 Å². The molecule has 3 rings (SSSR count). The number of carboxylic acids is 1. The van der Waals surface area contributed by atoms with Gasteiger partial charge in [-0.3, -0.25) is 0 Å². The summed E-state index contributed by atoms with van der Waals surface area (Å²) in [6.45, 7) is 2.06. The molecule has 2 heterocycles. The highest BCUT2D eigenvalue weighted by Crippen LogP contribution is 2.27. The van der Waals surface area contributed by atoms with Gasteiger partial charge >= 0.3 is 5.97 Å². The van der Waals surface area contributed by atoms with Gasteiger partial charge in [0.25, 0.3) is 0 Å². The van der Waals surface area contributed by atoms with Crippen molar-refractivity contribution < 1.29 is 9.90 Å². The van der Waals surface area contributed by atoms with Gasteiger partial charge in [0.05, 0.1) is 11.4 Å². The van der Waals surface area contributed by atoms with E-state index < -0.39 is 5.97 Å². The largest absolute Gasteiger partial charge is 0.477 e. The highest BCUT2D eigenvalue weighted by Gasteiger charge is 2.12. The number of carbonyl (C=O) groups is 1. The van der Waals surface area contributed by atoms with E-state index in [9.17, 15) is 4.79 Å². The number of aromatic amines is 1. The van der Waals surface area contributed by atoms with Gasteiger partial charge in [-0.15, -0.1) is 0 Å². The standard InChI is InChI=1S/C15H14N2O2/c1-9-3-4-10-8-14(17(2)13(10)7-9)11-5-6-12(16-11)15(18)19/h3-8,16H,1-2H3,(H,18,19). The Morgan fingerprint density at radius 2 is 2.00 bits per heavy atom. The number of nitrogens with zero attached hydrogens (tertiary/aromatic N) is 1. The molecule has 0 spiro atoms. The lowest BCUT2D eigenvalue weighted by molar-refractivity contribution is 0.0691. The topological polar surface area (TPSA) is 58.0 Å². The van der Waals surface area contributed by atoms with Crippen LogP contribution in [0.3, 0.4) is 0 Å². The average Bonchev–Trinajstić information content (AvgIpc) is 2.95. The van der Waals surface area contributed by atoms with Gasteiger partial charge in [-0.1, -0.05) is 12.1 Å². The summed E-state index contributed by atoms with van der Waals surface area (Å²) in [4.78, 5) is 13.8. The van der Waals surface area contributed by atoms with Gasteiger partial charge in [0.2, 0.25) is 0 Å². The predicted octanol–water partition coefficient (Wildman–Crippen LogP) is 3.18. The molecule has 4 nitrogen and oxygen atoms in total. The summed E-state index contributed by atoms with van der Waals surface area (Å²) in [5, 5.41) is 10.1. The smallest absolute Gasteiger partial charge is 0.352 e.